The Morgan fingerprint density at radius 1 is 1.27 bits per heavy atom. The van der Waals surface area contributed by atoms with E-state index in [9.17, 15) is 30.3 Å². The van der Waals surface area contributed by atoms with Gasteiger partial charge in [-0.15, -0.1) is 6.58 Å². The predicted octanol–water partition coefficient (Wildman–Crippen LogP) is -2.48. The first kappa shape index (κ1) is 19.2. The summed E-state index contributed by atoms with van der Waals surface area (Å²) in [5.41, 5.74) is -1.70. The van der Waals surface area contributed by atoms with Gasteiger partial charge >= 0.3 is 5.97 Å². The lowest BCUT2D eigenvalue weighted by Crippen LogP contribution is -2.61. The van der Waals surface area contributed by atoms with Crippen molar-refractivity contribution in [3.8, 4) is 0 Å². The highest BCUT2D eigenvalue weighted by molar-refractivity contribution is 5.91. The number of aliphatic hydroxyl groups excluding tert-OH is 4. The Kier molecular flexibility index (Phi) is 5.35. The van der Waals surface area contributed by atoms with Crippen LogP contribution in [0.25, 0.3) is 0 Å². The van der Waals surface area contributed by atoms with Crippen molar-refractivity contribution in [3.63, 3.8) is 0 Å². The van der Waals surface area contributed by atoms with Crippen LogP contribution in [0.1, 0.15) is 6.42 Å². The van der Waals surface area contributed by atoms with E-state index in [1.54, 1.807) is 0 Å². The van der Waals surface area contributed by atoms with Crippen molar-refractivity contribution in [1.29, 1.82) is 0 Å². The number of cyclic esters (lactones) is 1. The van der Waals surface area contributed by atoms with E-state index in [1.807, 2.05) is 0 Å². The van der Waals surface area contributed by atoms with Gasteiger partial charge < -0.3 is 44.5 Å². The summed E-state index contributed by atoms with van der Waals surface area (Å²) in [6.45, 7) is 3.03. The third-order valence-corrected chi connectivity index (χ3v) is 4.94. The fourth-order valence-corrected chi connectivity index (χ4v) is 3.36. The SMILES string of the molecule is C=C[C@H]1[C@H](O[C@@H]2O[C@H](CO)[C@@H](O)[C@H](O)[C@H]2O)OC=C2C(=O)OCCC21O. The van der Waals surface area contributed by atoms with Crippen LogP contribution in [0.5, 0.6) is 0 Å². The van der Waals surface area contributed by atoms with Gasteiger partial charge in [0.2, 0.25) is 6.29 Å². The molecule has 2 fully saturated rings. The molecule has 0 bridgehead atoms. The van der Waals surface area contributed by atoms with Crippen molar-refractivity contribution in [2.45, 2.75) is 49.0 Å². The van der Waals surface area contributed by atoms with Gasteiger partial charge in [-0.2, -0.15) is 0 Å². The minimum Gasteiger partial charge on any atom is -0.471 e. The molecule has 0 amide bonds. The molecule has 0 radical (unpaired) electrons. The van der Waals surface area contributed by atoms with Gasteiger partial charge in [0.05, 0.1) is 25.4 Å². The highest BCUT2D eigenvalue weighted by Gasteiger charge is 2.54. The average molecular weight is 374 g/mol. The summed E-state index contributed by atoms with van der Waals surface area (Å²) < 4.78 is 21.1. The van der Waals surface area contributed by atoms with Crippen LogP contribution in [0.4, 0.5) is 0 Å². The summed E-state index contributed by atoms with van der Waals surface area (Å²) in [4.78, 5) is 11.8. The van der Waals surface area contributed by atoms with E-state index in [1.165, 1.54) is 6.08 Å². The Morgan fingerprint density at radius 2 is 2.00 bits per heavy atom. The third-order valence-electron chi connectivity index (χ3n) is 4.94. The molecular weight excluding hydrogens is 352 g/mol. The zero-order valence-electron chi connectivity index (χ0n) is 13.8. The summed E-state index contributed by atoms with van der Waals surface area (Å²) in [6.07, 6.45) is -6.10. The second-order valence-corrected chi connectivity index (χ2v) is 6.44. The van der Waals surface area contributed by atoms with Gasteiger partial charge in [-0.3, -0.25) is 0 Å². The number of hydrogen-bond donors (Lipinski definition) is 5. The zero-order valence-corrected chi connectivity index (χ0v) is 13.8. The Balaban J connectivity index is 1.81. The summed E-state index contributed by atoms with van der Waals surface area (Å²) in [5, 5.41) is 49.9. The van der Waals surface area contributed by atoms with E-state index in [0.717, 1.165) is 6.26 Å². The van der Waals surface area contributed by atoms with Crippen molar-refractivity contribution >= 4 is 5.97 Å². The van der Waals surface area contributed by atoms with Crippen LogP contribution in [0.15, 0.2) is 24.5 Å². The van der Waals surface area contributed by atoms with Gasteiger partial charge in [-0.1, -0.05) is 6.08 Å². The minimum atomic E-state index is -1.63. The molecule has 0 aliphatic carbocycles. The molecule has 10 heteroatoms. The number of esters is 1. The Labute approximate surface area is 148 Å². The van der Waals surface area contributed by atoms with Crippen molar-refractivity contribution in [2.24, 2.45) is 5.92 Å². The molecule has 2 saturated heterocycles. The topological polar surface area (TPSA) is 155 Å². The largest absolute Gasteiger partial charge is 0.471 e. The van der Waals surface area contributed by atoms with Gasteiger partial charge in [0.1, 0.15) is 35.6 Å². The number of ether oxygens (including phenoxy) is 4. The lowest BCUT2D eigenvalue weighted by Gasteiger charge is -2.46. The van der Waals surface area contributed by atoms with Gasteiger partial charge in [0.15, 0.2) is 6.29 Å². The fourth-order valence-electron chi connectivity index (χ4n) is 3.36. The van der Waals surface area contributed by atoms with Crippen LogP contribution in [0, 0.1) is 5.92 Å². The number of rotatable bonds is 4. The van der Waals surface area contributed by atoms with Crippen molar-refractivity contribution in [1.82, 2.24) is 0 Å². The maximum atomic E-state index is 11.8. The van der Waals surface area contributed by atoms with Gasteiger partial charge in [0, 0.05) is 6.42 Å². The van der Waals surface area contributed by atoms with Gasteiger partial charge in [0.25, 0.3) is 0 Å². The first-order chi connectivity index (χ1) is 12.3. The summed E-state index contributed by atoms with van der Waals surface area (Å²) in [5.74, 6) is -1.61. The number of carbonyl (C=O) groups is 1. The number of fused-ring (bicyclic) bond motifs is 1. The lowest BCUT2D eigenvalue weighted by molar-refractivity contribution is -0.344. The maximum Gasteiger partial charge on any atom is 0.340 e. The van der Waals surface area contributed by atoms with Crippen LogP contribution >= 0.6 is 0 Å². The molecule has 10 nitrogen and oxygen atoms in total. The van der Waals surface area contributed by atoms with E-state index < -0.39 is 61.1 Å². The Hall–Kier alpha value is -1.53. The molecule has 3 aliphatic rings. The second kappa shape index (κ2) is 7.24. The van der Waals surface area contributed by atoms with Crippen LogP contribution in [-0.2, 0) is 23.7 Å². The third kappa shape index (κ3) is 3.03. The number of carbonyl (C=O) groups excluding carboxylic acids is 1. The predicted molar refractivity (Wildman–Crippen MR) is 82.0 cm³/mol. The average Bonchev–Trinajstić information content (AvgIpc) is 2.61. The molecule has 1 unspecified atom stereocenters. The quantitative estimate of drug-likeness (QED) is 0.264. The lowest BCUT2D eigenvalue weighted by atomic mass is 9.76. The van der Waals surface area contributed by atoms with E-state index in [0.29, 0.717) is 0 Å². The first-order valence-electron chi connectivity index (χ1n) is 8.17. The van der Waals surface area contributed by atoms with Gasteiger partial charge in [-0.25, -0.2) is 4.79 Å². The van der Waals surface area contributed by atoms with Crippen LogP contribution in [-0.4, -0.2) is 87.3 Å². The molecule has 3 aliphatic heterocycles. The Bertz CT molecular complexity index is 590. The Morgan fingerprint density at radius 3 is 2.65 bits per heavy atom. The van der Waals surface area contributed by atoms with Crippen LogP contribution in [0.3, 0.4) is 0 Å². The van der Waals surface area contributed by atoms with Crippen molar-refractivity contribution < 1.29 is 49.3 Å². The molecule has 3 heterocycles. The summed E-state index contributed by atoms with van der Waals surface area (Å²) >= 11 is 0. The molecule has 0 spiro atoms. The molecular formula is C16H22O10. The fraction of sp³-hybridized carbons (Fsp3) is 0.688. The summed E-state index contributed by atoms with van der Waals surface area (Å²) in [7, 11) is 0. The van der Waals surface area contributed by atoms with Crippen LogP contribution < -0.4 is 0 Å². The smallest absolute Gasteiger partial charge is 0.340 e. The zero-order chi connectivity index (χ0) is 19.1. The molecule has 5 N–H and O–H groups in total. The molecule has 0 saturated carbocycles. The normalized spacial score (nSPS) is 45.8. The molecule has 0 aromatic carbocycles. The number of hydrogen-bond acceptors (Lipinski definition) is 10. The molecule has 146 valence electrons. The monoisotopic (exact) mass is 374 g/mol. The first-order valence-corrected chi connectivity index (χ1v) is 8.17. The highest BCUT2D eigenvalue weighted by Crippen LogP contribution is 2.42. The molecule has 26 heavy (non-hydrogen) atoms. The van der Waals surface area contributed by atoms with E-state index in [2.05, 4.69) is 6.58 Å². The van der Waals surface area contributed by atoms with E-state index in [-0.39, 0.29) is 18.6 Å². The van der Waals surface area contributed by atoms with Crippen molar-refractivity contribution in [2.75, 3.05) is 13.2 Å². The standard InChI is InChI=1S/C16H22O10/c1-2-7-14(24-6-8-13(21)23-4-3-16(7,8)22)26-15-12(20)11(19)10(18)9(5-17)25-15/h2,6-7,9-12,14-15,17-20,22H,1,3-5H2/t7-,9+,10+,11-,12+,14-,15-,16?/m0/s1. The van der Waals surface area contributed by atoms with Gasteiger partial charge in [-0.05, 0) is 0 Å². The molecule has 3 rings (SSSR count). The molecule has 0 aromatic rings. The van der Waals surface area contributed by atoms with Crippen LogP contribution in [0.2, 0.25) is 0 Å². The van der Waals surface area contributed by atoms with Crippen molar-refractivity contribution in [3.05, 3.63) is 24.5 Å². The molecule has 0 aromatic heterocycles. The minimum absolute atomic E-state index is 0.00375. The number of aliphatic hydroxyl groups is 5. The maximum absolute atomic E-state index is 11.8. The highest BCUT2D eigenvalue weighted by atomic mass is 16.8. The van der Waals surface area contributed by atoms with E-state index in [4.69, 9.17) is 18.9 Å². The second-order valence-electron chi connectivity index (χ2n) is 6.44. The summed E-state index contributed by atoms with van der Waals surface area (Å²) in [6, 6.07) is 0. The molecule has 8 atom stereocenters. The van der Waals surface area contributed by atoms with E-state index >= 15 is 0 Å².